The monoisotopic (exact) mass is 587 g/mol. The number of hydrogen-bond donors (Lipinski definition) is 0. The molecule has 0 atom stereocenters. The number of para-hydroxylation sites is 3. The SMILES string of the molecule is c1ccc(-c2nc(-c3ccccc3)c3cc(-n4c5ccccc5c5c6ccccc6c6nc7ccccc7n6c54)ccc3n2)cc1. The van der Waals surface area contributed by atoms with Crippen LogP contribution >= 0.6 is 0 Å². The zero-order valence-corrected chi connectivity index (χ0v) is 24.7. The van der Waals surface area contributed by atoms with Crippen molar-refractivity contribution < 1.29 is 0 Å². The predicted octanol–water partition coefficient (Wildman–Crippen LogP) is 10.0. The van der Waals surface area contributed by atoms with Crippen molar-refractivity contribution in [2.45, 2.75) is 0 Å². The molecule has 4 heterocycles. The standard InChI is InChI=1S/C41H25N5/c1-3-13-26(14-4-1)38-32-25-28(23-24-33(32)42-39(44-38)27-15-5-2-6-16-27)45-35-21-11-9-19-31(35)37-29-17-7-8-18-30(29)40-43-34-20-10-12-22-36(34)46(40)41(37)45/h1-25H. The Bertz CT molecular complexity index is 2790. The fraction of sp³-hybridized carbons (Fsp3) is 0. The molecule has 0 amide bonds. The number of hydrogen-bond acceptors (Lipinski definition) is 3. The van der Waals surface area contributed by atoms with E-state index in [1.807, 2.05) is 24.3 Å². The number of imidazole rings is 1. The summed E-state index contributed by atoms with van der Waals surface area (Å²) in [5.74, 6) is 0.717. The summed E-state index contributed by atoms with van der Waals surface area (Å²) < 4.78 is 4.72. The zero-order chi connectivity index (χ0) is 30.2. The van der Waals surface area contributed by atoms with Gasteiger partial charge in [0.25, 0.3) is 0 Å². The molecule has 0 spiro atoms. The Morgan fingerprint density at radius 3 is 1.89 bits per heavy atom. The number of pyridine rings is 1. The van der Waals surface area contributed by atoms with Gasteiger partial charge >= 0.3 is 0 Å². The molecule has 10 aromatic rings. The molecule has 4 aromatic heterocycles. The average Bonchev–Trinajstić information content (AvgIpc) is 3.68. The minimum Gasteiger partial charge on any atom is -0.295 e. The first-order valence-electron chi connectivity index (χ1n) is 15.5. The molecule has 5 nitrogen and oxygen atoms in total. The van der Waals surface area contributed by atoms with Crippen molar-refractivity contribution in [3.05, 3.63) is 152 Å². The third-order valence-corrected chi connectivity index (χ3v) is 9.08. The molecule has 0 aliphatic heterocycles. The molecule has 0 N–H and O–H groups in total. The second-order valence-corrected chi connectivity index (χ2v) is 11.7. The van der Waals surface area contributed by atoms with E-state index >= 15 is 0 Å². The van der Waals surface area contributed by atoms with Gasteiger partial charge in [0, 0.05) is 38.4 Å². The van der Waals surface area contributed by atoms with E-state index in [1.165, 1.54) is 16.2 Å². The van der Waals surface area contributed by atoms with Crippen molar-refractivity contribution >= 4 is 60.3 Å². The zero-order valence-electron chi connectivity index (χ0n) is 24.7. The number of aromatic nitrogens is 5. The third kappa shape index (κ3) is 3.54. The van der Waals surface area contributed by atoms with E-state index in [1.54, 1.807) is 0 Å². The Morgan fingerprint density at radius 1 is 0.435 bits per heavy atom. The van der Waals surface area contributed by atoms with Crippen LogP contribution in [0.25, 0.3) is 88.6 Å². The second-order valence-electron chi connectivity index (χ2n) is 11.7. The van der Waals surface area contributed by atoms with E-state index in [4.69, 9.17) is 15.0 Å². The second kappa shape index (κ2) is 9.58. The maximum atomic E-state index is 5.18. The number of benzene rings is 6. The highest BCUT2D eigenvalue weighted by atomic mass is 15.1. The van der Waals surface area contributed by atoms with Crippen molar-refractivity contribution in [3.8, 4) is 28.3 Å². The molecule has 46 heavy (non-hydrogen) atoms. The molecular formula is C41H25N5. The van der Waals surface area contributed by atoms with Gasteiger partial charge in [-0.25, -0.2) is 15.0 Å². The Morgan fingerprint density at radius 2 is 1.09 bits per heavy atom. The van der Waals surface area contributed by atoms with E-state index in [2.05, 4.69) is 136 Å². The van der Waals surface area contributed by atoms with Gasteiger partial charge in [-0.2, -0.15) is 0 Å². The molecule has 0 aliphatic rings. The quantitative estimate of drug-likeness (QED) is 0.207. The van der Waals surface area contributed by atoms with Crippen LogP contribution in [-0.2, 0) is 0 Å². The van der Waals surface area contributed by atoms with Gasteiger partial charge in [-0.05, 0) is 41.8 Å². The van der Waals surface area contributed by atoms with E-state index in [9.17, 15) is 0 Å². The average molecular weight is 588 g/mol. The molecule has 10 rings (SSSR count). The molecule has 0 radical (unpaired) electrons. The van der Waals surface area contributed by atoms with E-state index in [-0.39, 0.29) is 0 Å². The van der Waals surface area contributed by atoms with E-state index in [0.717, 1.165) is 72.5 Å². The summed E-state index contributed by atoms with van der Waals surface area (Å²) >= 11 is 0. The van der Waals surface area contributed by atoms with E-state index in [0.29, 0.717) is 0 Å². The lowest BCUT2D eigenvalue weighted by Crippen LogP contribution is -2.01. The summed E-state index contributed by atoms with van der Waals surface area (Å²) in [5.41, 5.74) is 10.1. The lowest BCUT2D eigenvalue weighted by atomic mass is 10.0. The van der Waals surface area contributed by atoms with Gasteiger partial charge in [0.2, 0.25) is 0 Å². The van der Waals surface area contributed by atoms with Gasteiger partial charge in [0.05, 0.1) is 27.8 Å². The van der Waals surface area contributed by atoms with Crippen LogP contribution in [0.2, 0.25) is 0 Å². The fourth-order valence-electron chi connectivity index (χ4n) is 7.07. The summed E-state index contributed by atoms with van der Waals surface area (Å²) in [4.78, 5) is 15.4. The minimum atomic E-state index is 0.717. The fourth-order valence-corrected chi connectivity index (χ4v) is 7.07. The van der Waals surface area contributed by atoms with Gasteiger partial charge in [-0.15, -0.1) is 0 Å². The van der Waals surface area contributed by atoms with Crippen LogP contribution in [0.1, 0.15) is 0 Å². The van der Waals surface area contributed by atoms with Crippen LogP contribution < -0.4 is 0 Å². The van der Waals surface area contributed by atoms with Gasteiger partial charge in [-0.3, -0.25) is 8.97 Å². The van der Waals surface area contributed by atoms with E-state index < -0.39 is 0 Å². The normalized spacial score (nSPS) is 11.9. The van der Waals surface area contributed by atoms with Gasteiger partial charge in [0.15, 0.2) is 5.82 Å². The van der Waals surface area contributed by atoms with Crippen LogP contribution in [0, 0.1) is 0 Å². The van der Waals surface area contributed by atoms with Crippen molar-refractivity contribution in [1.82, 2.24) is 23.9 Å². The Kier molecular flexibility index (Phi) is 5.22. The lowest BCUT2D eigenvalue weighted by molar-refractivity contribution is 1.12. The van der Waals surface area contributed by atoms with Crippen molar-refractivity contribution in [2.24, 2.45) is 0 Å². The van der Waals surface area contributed by atoms with Crippen LogP contribution in [0.4, 0.5) is 0 Å². The summed E-state index contributed by atoms with van der Waals surface area (Å²) in [5, 5.41) is 5.74. The van der Waals surface area contributed by atoms with Crippen molar-refractivity contribution in [2.75, 3.05) is 0 Å². The summed E-state index contributed by atoms with van der Waals surface area (Å²) in [6.07, 6.45) is 0. The number of rotatable bonds is 3. The molecule has 0 bridgehead atoms. The highest BCUT2D eigenvalue weighted by molar-refractivity contribution is 6.24. The molecular weight excluding hydrogens is 562 g/mol. The topological polar surface area (TPSA) is 48.0 Å². The Labute approximate surface area is 263 Å². The maximum absolute atomic E-state index is 5.18. The molecule has 0 saturated carbocycles. The van der Waals surface area contributed by atoms with Crippen molar-refractivity contribution in [1.29, 1.82) is 0 Å². The minimum absolute atomic E-state index is 0.717. The highest BCUT2D eigenvalue weighted by Crippen LogP contribution is 2.41. The summed E-state index contributed by atoms with van der Waals surface area (Å²) in [7, 11) is 0. The lowest BCUT2D eigenvalue weighted by Gasteiger charge is -2.14. The first-order valence-corrected chi connectivity index (χ1v) is 15.5. The Balaban J connectivity index is 1.37. The number of nitrogens with zero attached hydrogens (tertiary/aromatic N) is 5. The Hall–Kier alpha value is -6.33. The molecule has 0 saturated heterocycles. The van der Waals surface area contributed by atoms with Crippen LogP contribution in [0.15, 0.2) is 152 Å². The molecule has 0 fully saturated rings. The first-order chi connectivity index (χ1) is 22.8. The van der Waals surface area contributed by atoms with Gasteiger partial charge in [-0.1, -0.05) is 115 Å². The molecule has 5 heteroatoms. The predicted molar refractivity (Wildman–Crippen MR) is 189 cm³/mol. The molecule has 214 valence electrons. The number of fused-ring (bicyclic) bond motifs is 11. The maximum Gasteiger partial charge on any atom is 0.160 e. The molecule has 6 aromatic carbocycles. The first kappa shape index (κ1) is 25.0. The smallest absolute Gasteiger partial charge is 0.160 e. The van der Waals surface area contributed by atoms with Gasteiger partial charge in [0.1, 0.15) is 11.3 Å². The molecule has 0 unspecified atom stereocenters. The summed E-state index contributed by atoms with van der Waals surface area (Å²) in [6, 6.07) is 52.9. The molecule has 0 aliphatic carbocycles. The highest BCUT2D eigenvalue weighted by Gasteiger charge is 2.22. The van der Waals surface area contributed by atoms with Crippen LogP contribution in [-0.4, -0.2) is 23.9 Å². The van der Waals surface area contributed by atoms with Crippen molar-refractivity contribution in [3.63, 3.8) is 0 Å². The summed E-state index contributed by atoms with van der Waals surface area (Å²) in [6.45, 7) is 0. The third-order valence-electron chi connectivity index (χ3n) is 9.08. The largest absolute Gasteiger partial charge is 0.295 e. The van der Waals surface area contributed by atoms with Crippen LogP contribution in [0.5, 0.6) is 0 Å². The van der Waals surface area contributed by atoms with Gasteiger partial charge < -0.3 is 0 Å². The van der Waals surface area contributed by atoms with Crippen LogP contribution in [0.3, 0.4) is 0 Å².